The van der Waals surface area contributed by atoms with Gasteiger partial charge in [-0.3, -0.25) is 4.79 Å². The van der Waals surface area contributed by atoms with Crippen LogP contribution in [0.25, 0.3) is 0 Å². The average molecular weight is 268 g/mol. The highest BCUT2D eigenvalue weighted by molar-refractivity contribution is 6.01. The second kappa shape index (κ2) is 5.25. The first-order chi connectivity index (χ1) is 9.79. The standard InChI is InChI=1S/C16H16N2O2/c1-2-20-14-10-6-4-8-12(14)15-17-13-9-5-3-7-11(13)16(19)18-15/h3-10,15,17H,2H2,1H3,(H,18,19). The van der Waals surface area contributed by atoms with Crippen LogP contribution in [0.4, 0.5) is 5.69 Å². The third kappa shape index (κ3) is 2.20. The summed E-state index contributed by atoms with van der Waals surface area (Å²) in [4.78, 5) is 12.1. The normalized spacial score (nSPS) is 16.9. The Hall–Kier alpha value is -2.49. The van der Waals surface area contributed by atoms with Crippen molar-refractivity contribution in [2.24, 2.45) is 0 Å². The van der Waals surface area contributed by atoms with Crippen molar-refractivity contribution in [1.29, 1.82) is 0 Å². The van der Waals surface area contributed by atoms with Gasteiger partial charge in [-0.05, 0) is 25.1 Å². The second-order valence-corrected chi connectivity index (χ2v) is 4.57. The maximum Gasteiger partial charge on any atom is 0.255 e. The van der Waals surface area contributed by atoms with Crippen molar-refractivity contribution < 1.29 is 9.53 Å². The molecule has 4 nitrogen and oxygen atoms in total. The number of amides is 1. The molecule has 4 heteroatoms. The number of ether oxygens (including phenoxy) is 1. The fraction of sp³-hybridized carbons (Fsp3) is 0.188. The highest BCUT2D eigenvalue weighted by Gasteiger charge is 2.25. The Morgan fingerprint density at radius 2 is 1.80 bits per heavy atom. The Labute approximate surface area is 117 Å². The zero-order valence-electron chi connectivity index (χ0n) is 11.2. The number of para-hydroxylation sites is 2. The van der Waals surface area contributed by atoms with Crippen molar-refractivity contribution in [3.8, 4) is 5.75 Å². The van der Waals surface area contributed by atoms with Crippen molar-refractivity contribution in [2.75, 3.05) is 11.9 Å². The third-order valence-electron chi connectivity index (χ3n) is 3.28. The molecule has 0 saturated carbocycles. The molecule has 1 heterocycles. The number of nitrogens with one attached hydrogen (secondary N) is 2. The molecule has 0 spiro atoms. The van der Waals surface area contributed by atoms with E-state index in [1.54, 1.807) is 0 Å². The van der Waals surface area contributed by atoms with Crippen LogP contribution in [-0.2, 0) is 0 Å². The molecule has 1 aliphatic heterocycles. The van der Waals surface area contributed by atoms with Gasteiger partial charge in [0.25, 0.3) is 5.91 Å². The number of rotatable bonds is 3. The minimum atomic E-state index is -0.278. The lowest BCUT2D eigenvalue weighted by molar-refractivity contribution is 0.0935. The summed E-state index contributed by atoms with van der Waals surface area (Å²) < 4.78 is 5.62. The predicted molar refractivity (Wildman–Crippen MR) is 77.9 cm³/mol. The third-order valence-corrected chi connectivity index (χ3v) is 3.28. The Morgan fingerprint density at radius 3 is 2.65 bits per heavy atom. The van der Waals surface area contributed by atoms with Gasteiger partial charge in [-0.15, -0.1) is 0 Å². The van der Waals surface area contributed by atoms with E-state index in [0.717, 1.165) is 17.0 Å². The van der Waals surface area contributed by atoms with Gasteiger partial charge in [0.2, 0.25) is 0 Å². The lowest BCUT2D eigenvalue weighted by Crippen LogP contribution is -2.38. The van der Waals surface area contributed by atoms with Crippen molar-refractivity contribution in [1.82, 2.24) is 5.32 Å². The van der Waals surface area contributed by atoms with Gasteiger partial charge < -0.3 is 15.4 Å². The van der Waals surface area contributed by atoms with E-state index in [1.165, 1.54) is 0 Å². The SMILES string of the molecule is CCOc1ccccc1C1NC(=O)c2ccccc2N1. The number of carbonyl (C=O) groups excluding carboxylic acids is 1. The summed E-state index contributed by atoms with van der Waals surface area (Å²) in [6.07, 6.45) is -0.278. The fourth-order valence-electron chi connectivity index (χ4n) is 2.37. The first-order valence-electron chi connectivity index (χ1n) is 6.67. The molecule has 2 aromatic carbocycles. The highest BCUT2D eigenvalue weighted by Crippen LogP contribution is 2.30. The molecule has 0 aromatic heterocycles. The van der Waals surface area contributed by atoms with Crippen LogP contribution in [0.3, 0.4) is 0 Å². The fourth-order valence-corrected chi connectivity index (χ4v) is 2.37. The molecule has 3 rings (SSSR count). The van der Waals surface area contributed by atoms with Crippen LogP contribution in [-0.4, -0.2) is 12.5 Å². The number of fused-ring (bicyclic) bond motifs is 1. The number of hydrogen-bond acceptors (Lipinski definition) is 3. The van der Waals surface area contributed by atoms with E-state index < -0.39 is 0 Å². The molecule has 102 valence electrons. The molecule has 1 aliphatic rings. The van der Waals surface area contributed by atoms with Gasteiger partial charge in [0.05, 0.1) is 12.2 Å². The molecule has 0 aliphatic carbocycles. The Morgan fingerprint density at radius 1 is 1.05 bits per heavy atom. The highest BCUT2D eigenvalue weighted by atomic mass is 16.5. The van der Waals surface area contributed by atoms with Crippen molar-refractivity contribution in [3.63, 3.8) is 0 Å². The molecule has 1 atom stereocenters. The predicted octanol–water partition coefficient (Wildman–Crippen LogP) is 2.94. The number of hydrogen-bond donors (Lipinski definition) is 2. The summed E-state index contributed by atoms with van der Waals surface area (Å²) in [5.74, 6) is 0.711. The van der Waals surface area contributed by atoms with Crippen LogP contribution in [0.2, 0.25) is 0 Å². The number of carbonyl (C=O) groups is 1. The van der Waals surface area contributed by atoms with Crippen LogP contribution in [0, 0.1) is 0 Å². The van der Waals surface area contributed by atoms with Crippen LogP contribution >= 0.6 is 0 Å². The summed E-state index contributed by atoms with van der Waals surface area (Å²) in [7, 11) is 0. The molecule has 0 bridgehead atoms. The van der Waals surface area contributed by atoms with E-state index in [4.69, 9.17) is 4.74 Å². The van der Waals surface area contributed by atoms with Gasteiger partial charge in [-0.2, -0.15) is 0 Å². The van der Waals surface area contributed by atoms with E-state index in [0.29, 0.717) is 12.2 Å². The van der Waals surface area contributed by atoms with E-state index in [-0.39, 0.29) is 12.1 Å². The molecule has 1 amide bonds. The van der Waals surface area contributed by atoms with Crippen LogP contribution in [0.15, 0.2) is 48.5 Å². The van der Waals surface area contributed by atoms with E-state index >= 15 is 0 Å². The van der Waals surface area contributed by atoms with Gasteiger partial charge in [-0.25, -0.2) is 0 Å². The van der Waals surface area contributed by atoms with Crippen molar-refractivity contribution in [3.05, 3.63) is 59.7 Å². The Balaban J connectivity index is 1.96. The summed E-state index contributed by atoms with van der Waals surface area (Å²) in [6.45, 7) is 2.53. The zero-order chi connectivity index (χ0) is 13.9. The van der Waals surface area contributed by atoms with Gasteiger partial charge in [-0.1, -0.05) is 30.3 Å². The van der Waals surface area contributed by atoms with Crippen LogP contribution < -0.4 is 15.4 Å². The first-order valence-corrected chi connectivity index (χ1v) is 6.67. The topological polar surface area (TPSA) is 50.4 Å². The number of anilines is 1. The molecule has 20 heavy (non-hydrogen) atoms. The Bertz CT molecular complexity index is 640. The summed E-state index contributed by atoms with van der Waals surface area (Å²) in [6, 6.07) is 15.2. The number of benzene rings is 2. The maximum atomic E-state index is 12.1. The minimum absolute atomic E-state index is 0.0735. The molecular formula is C16H16N2O2. The van der Waals surface area contributed by atoms with Crippen LogP contribution in [0.1, 0.15) is 29.0 Å². The van der Waals surface area contributed by atoms with Crippen molar-refractivity contribution in [2.45, 2.75) is 13.1 Å². The average Bonchev–Trinajstić information content (AvgIpc) is 2.48. The Kier molecular flexibility index (Phi) is 3.29. The van der Waals surface area contributed by atoms with Crippen LogP contribution in [0.5, 0.6) is 5.75 Å². The van der Waals surface area contributed by atoms with Gasteiger partial charge in [0.15, 0.2) is 0 Å². The molecule has 2 aromatic rings. The first kappa shape index (κ1) is 12.5. The summed E-state index contributed by atoms with van der Waals surface area (Å²) in [5, 5.41) is 6.29. The molecule has 2 N–H and O–H groups in total. The molecule has 0 fully saturated rings. The van der Waals surface area contributed by atoms with Crippen molar-refractivity contribution >= 4 is 11.6 Å². The molecular weight excluding hydrogens is 252 g/mol. The molecule has 1 unspecified atom stereocenters. The maximum absolute atomic E-state index is 12.1. The van der Waals surface area contributed by atoms with E-state index in [9.17, 15) is 4.79 Å². The monoisotopic (exact) mass is 268 g/mol. The summed E-state index contributed by atoms with van der Waals surface area (Å²) >= 11 is 0. The van der Waals surface area contributed by atoms with E-state index in [1.807, 2.05) is 55.5 Å². The minimum Gasteiger partial charge on any atom is -0.493 e. The zero-order valence-corrected chi connectivity index (χ0v) is 11.2. The summed E-state index contributed by atoms with van der Waals surface area (Å²) in [5.41, 5.74) is 2.43. The smallest absolute Gasteiger partial charge is 0.255 e. The molecule has 0 saturated heterocycles. The lowest BCUT2D eigenvalue weighted by atomic mass is 10.1. The van der Waals surface area contributed by atoms with Gasteiger partial charge in [0.1, 0.15) is 11.9 Å². The lowest BCUT2D eigenvalue weighted by Gasteiger charge is -2.29. The largest absolute Gasteiger partial charge is 0.493 e. The second-order valence-electron chi connectivity index (χ2n) is 4.57. The van der Waals surface area contributed by atoms with E-state index in [2.05, 4.69) is 10.6 Å². The van der Waals surface area contributed by atoms with Gasteiger partial charge >= 0.3 is 0 Å². The molecule has 0 radical (unpaired) electrons. The quantitative estimate of drug-likeness (QED) is 0.899. The van der Waals surface area contributed by atoms with Gasteiger partial charge in [0, 0.05) is 11.3 Å².